The van der Waals surface area contributed by atoms with Crippen LogP contribution in [0.25, 0.3) is 0 Å². The van der Waals surface area contributed by atoms with Gasteiger partial charge in [-0.25, -0.2) is 4.98 Å². The van der Waals surface area contributed by atoms with Crippen LogP contribution in [0.15, 0.2) is 12.3 Å². The van der Waals surface area contributed by atoms with Crippen molar-refractivity contribution in [2.75, 3.05) is 31.1 Å². The van der Waals surface area contributed by atoms with Gasteiger partial charge in [0.25, 0.3) is 0 Å². The molecule has 0 N–H and O–H groups in total. The number of pyridine rings is 1. The smallest absolute Gasteiger partial charge is 0.131 e. The quantitative estimate of drug-likeness (QED) is 0.798. The molecule has 0 atom stereocenters. The zero-order chi connectivity index (χ0) is 13.9. The highest BCUT2D eigenvalue weighted by molar-refractivity contribution is 6.17. The van der Waals surface area contributed by atoms with Crippen molar-refractivity contribution in [2.24, 2.45) is 0 Å². The topological polar surface area (TPSA) is 19.4 Å². The molecule has 2 heterocycles. The van der Waals surface area contributed by atoms with Crippen molar-refractivity contribution in [3.05, 3.63) is 23.4 Å². The van der Waals surface area contributed by atoms with Crippen LogP contribution in [0, 0.1) is 6.92 Å². The Morgan fingerprint density at radius 1 is 1.20 bits per heavy atom. The summed E-state index contributed by atoms with van der Waals surface area (Å²) in [7, 11) is 0. The Hall–Kier alpha value is -0.800. The summed E-state index contributed by atoms with van der Waals surface area (Å²) in [4.78, 5) is 9.73. The van der Waals surface area contributed by atoms with Gasteiger partial charge < -0.3 is 4.90 Å². The van der Waals surface area contributed by atoms with Gasteiger partial charge in [-0.05, 0) is 37.0 Å². The molecule has 1 aliphatic heterocycles. The molecule has 0 unspecified atom stereocenters. The summed E-state index contributed by atoms with van der Waals surface area (Å²) in [6, 6.07) is 3.02. The van der Waals surface area contributed by atoms with Crippen molar-refractivity contribution in [2.45, 2.75) is 44.5 Å². The predicted molar refractivity (Wildman–Crippen MR) is 84.6 cm³/mol. The number of nitrogens with zero attached hydrogens (tertiary/aromatic N) is 3. The van der Waals surface area contributed by atoms with Crippen LogP contribution < -0.4 is 4.90 Å². The average Bonchev–Trinajstić information content (AvgIpc) is 3.01. The molecule has 0 bridgehead atoms. The van der Waals surface area contributed by atoms with Crippen molar-refractivity contribution in [3.63, 3.8) is 0 Å². The number of hydrogen-bond donors (Lipinski definition) is 0. The van der Waals surface area contributed by atoms with Crippen molar-refractivity contribution in [3.8, 4) is 0 Å². The van der Waals surface area contributed by atoms with Gasteiger partial charge in [0.2, 0.25) is 0 Å². The predicted octanol–water partition coefficient (Wildman–Crippen LogP) is 3.19. The minimum Gasteiger partial charge on any atom is -0.354 e. The second-order valence-electron chi connectivity index (χ2n) is 6.08. The normalized spacial score (nSPS) is 21.6. The van der Waals surface area contributed by atoms with Gasteiger partial charge in [-0.15, -0.1) is 11.6 Å². The Morgan fingerprint density at radius 3 is 2.50 bits per heavy atom. The van der Waals surface area contributed by atoms with E-state index in [1.807, 2.05) is 6.20 Å². The molecule has 1 aliphatic carbocycles. The highest BCUT2D eigenvalue weighted by atomic mass is 35.5. The monoisotopic (exact) mass is 293 g/mol. The highest BCUT2D eigenvalue weighted by Crippen LogP contribution is 2.26. The molecule has 0 aromatic carbocycles. The summed E-state index contributed by atoms with van der Waals surface area (Å²) in [6.45, 7) is 6.71. The lowest BCUT2D eigenvalue weighted by Gasteiger charge is -2.39. The molecule has 1 saturated heterocycles. The number of aromatic nitrogens is 1. The Balaban J connectivity index is 1.62. The van der Waals surface area contributed by atoms with E-state index >= 15 is 0 Å². The van der Waals surface area contributed by atoms with Crippen molar-refractivity contribution < 1.29 is 0 Å². The van der Waals surface area contributed by atoms with E-state index in [2.05, 4.69) is 27.8 Å². The summed E-state index contributed by atoms with van der Waals surface area (Å²) in [6.07, 6.45) is 7.57. The van der Waals surface area contributed by atoms with Gasteiger partial charge in [0.15, 0.2) is 0 Å². The van der Waals surface area contributed by atoms with E-state index < -0.39 is 0 Å². The highest BCUT2D eigenvalue weighted by Gasteiger charge is 2.26. The minimum atomic E-state index is 0.545. The van der Waals surface area contributed by atoms with E-state index in [9.17, 15) is 0 Å². The second-order valence-corrected chi connectivity index (χ2v) is 6.35. The van der Waals surface area contributed by atoms with Gasteiger partial charge in [0.05, 0.1) is 0 Å². The summed E-state index contributed by atoms with van der Waals surface area (Å²) < 4.78 is 0. The van der Waals surface area contributed by atoms with Crippen LogP contribution >= 0.6 is 11.6 Å². The molecule has 2 fully saturated rings. The standard InChI is InChI=1S/C16H24ClN3/c1-13-10-14(11-17)12-18-16(13)20-8-6-19(7-9-20)15-4-2-3-5-15/h10,12,15H,2-9,11H2,1H3. The molecule has 0 amide bonds. The zero-order valence-electron chi connectivity index (χ0n) is 12.3. The Bertz CT molecular complexity index is 449. The fourth-order valence-corrected chi connectivity index (χ4v) is 3.74. The van der Waals surface area contributed by atoms with Crippen LogP contribution in [0.3, 0.4) is 0 Å². The van der Waals surface area contributed by atoms with Gasteiger partial charge in [0, 0.05) is 44.3 Å². The molecule has 1 aromatic rings. The van der Waals surface area contributed by atoms with Crippen LogP contribution in [-0.4, -0.2) is 42.1 Å². The molecule has 1 saturated carbocycles. The molecular weight excluding hydrogens is 270 g/mol. The SMILES string of the molecule is Cc1cc(CCl)cnc1N1CCN(C2CCCC2)CC1. The average molecular weight is 294 g/mol. The van der Waals surface area contributed by atoms with E-state index in [0.717, 1.165) is 30.5 Å². The molecule has 1 aromatic heterocycles. The van der Waals surface area contributed by atoms with E-state index in [0.29, 0.717) is 5.88 Å². The number of piperazine rings is 1. The number of halogens is 1. The summed E-state index contributed by atoms with van der Waals surface area (Å²) in [5, 5.41) is 0. The minimum absolute atomic E-state index is 0.545. The van der Waals surface area contributed by atoms with Crippen LogP contribution in [0.4, 0.5) is 5.82 Å². The van der Waals surface area contributed by atoms with Gasteiger partial charge in [-0.2, -0.15) is 0 Å². The second kappa shape index (κ2) is 6.31. The van der Waals surface area contributed by atoms with E-state index in [1.54, 1.807) is 0 Å². The summed E-state index contributed by atoms with van der Waals surface area (Å²) in [5.74, 6) is 1.69. The van der Waals surface area contributed by atoms with Crippen LogP contribution in [0.2, 0.25) is 0 Å². The van der Waals surface area contributed by atoms with Crippen molar-refractivity contribution in [1.29, 1.82) is 0 Å². The van der Waals surface area contributed by atoms with E-state index in [1.165, 1.54) is 44.3 Å². The Kier molecular flexibility index (Phi) is 4.47. The number of alkyl halides is 1. The first-order chi connectivity index (χ1) is 9.78. The summed E-state index contributed by atoms with van der Waals surface area (Å²) >= 11 is 5.87. The fourth-order valence-electron chi connectivity index (χ4n) is 3.60. The largest absolute Gasteiger partial charge is 0.354 e. The van der Waals surface area contributed by atoms with Crippen LogP contribution in [-0.2, 0) is 5.88 Å². The maximum atomic E-state index is 5.87. The zero-order valence-corrected chi connectivity index (χ0v) is 13.1. The van der Waals surface area contributed by atoms with Gasteiger partial charge in [0.1, 0.15) is 5.82 Å². The van der Waals surface area contributed by atoms with Gasteiger partial charge >= 0.3 is 0 Å². The number of hydrogen-bond acceptors (Lipinski definition) is 3. The molecule has 0 spiro atoms. The van der Waals surface area contributed by atoms with Crippen molar-refractivity contribution >= 4 is 17.4 Å². The third kappa shape index (κ3) is 2.94. The maximum Gasteiger partial charge on any atom is 0.131 e. The third-order valence-corrected chi connectivity index (χ3v) is 5.03. The first-order valence-electron chi connectivity index (χ1n) is 7.78. The first-order valence-corrected chi connectivity index (χ1v) is 8.32. The van der Waals surface area contributed by atoms with Crippen molar-refractivity contribution in [1.82, 2.24) is 9.88 Å². The lowest BCUT2D eigenvalue weighted by Crippen LogP contribution is -2.50. The van der Waals surface area contributed by atoms with E-state index in [-0.39, 0.29) is 0 Å². The summed E-state index contributed by atoms with van der Waals surface area (Å²) in [5.41, 5.74) is 2.36. The molecule has 2 aliphatic rings. The fraction of sp³-hybridized carbons (Fsp3) is 0.688. The number of aryl methyl sites for hydroxylation is 1. The molecule has 4 heteroatoms. The van der Waals surface area contributed by atoms with Gasteiger partial charge in [-0.1, -0.05) is 12.8 Å². The van der Waals surface area contributed by atoms with Crippen LogP contribution in [0.1, 0.15) is 36.8 Å². The first kappa shape index (κ1) is 14.2. The van der Waals surface area contributed by atoms with Gasteiger partial charge in [-0.3, -0.25) is 4.90 Å². The lowest BCUT2D eigenvalue weighted by molar-refractivity contribution is 0.187. The molecule has 3 nitrogen and oxygen atoms in total. The molecule has 20 heavy (non-hydrogen) atoms. The maximum absolute atomic E-state index is 5.87. The van der Waals surface area contributed by atoms with E-state index in [4.69, 9.17) is 11.6 Å². The third-order valence-electron chi connectivity index (χ3n) is 4.72. The lowest BCUT2D eigenvalue weighted by atomic mass is 10.1. The van der Waals surface area contributed by atoms with Crippen LogP contribution in [0.5, 0.6) is 0 Å². The molecular formula is C16H24ClN3. The molecule has 0 radical (unpaired) electrons. The molecule has 3 rings (SSSR count). The number of anilines is 1. The Labute approximate surface area is 126 Å². The number of rotatable bonds is 3. The molecule has 110 valence electrons. The Morgan fingerprint density at radius 2 is 1.90 bits per heavy atom.